The maximum absolute atomic E-state index is 13.0. The van der Waals surface area contributed by atoms with Crippen molar-refractivity contribution in [3.05, 3.63) is 40.8 Å². The third kappa shape index (κ3) is 4.62. The highest BCUT2D eigenvalue weighted by Gasteiger charge is 2.42. The Balaban J connectivity index is 1.91. The van der Waals surface area contributed by atoms with Gasteiger partial charge in [0.1, 0.15) is 0 Å². The number of aromatic nitrogens is 4. The van der Waals surface area contributed by atoms with Crippen LogP contribution in [0.1, 0.15) is 38.6 Å². The molecule has 0 spiro atoms. The minimum atomic E-state index is -2.77. The molecule has 2 aromatic rings. The van der Waals surface area contributed by atoms with E-state index in [9.17, 15) is 9.59 Å². The van der Waals surface area contributed by atoms with Crippen LogP contribution in [-0.4, -0.2) is 69.4 Å². The monoisotopic (exact) mass is 420 g/mol. The first-order chi connectivity index (χ1) is 16.1. The number of methoxy groups -OCH3 is 1. The second-order valence-electron chi connectivity index (χ2n) is 7.28. The zero-order valence-corrected chi connectivity index (χ0v) is 17.7. The molecule has 1 amide bonds. The summed E-state index contributed by atoms with van der Waals surface area (Å²) in [5.41, 5.74) is -0.795. The molecular weight excluding hydrogens is 384 g/mol. The maximum Gasteiger partial charge on any atom is 0.363 e. The fourth-order valence-corrected chi connectivity index (χ4v) is 3.81. The van der Waals surface area contributed by atoms with Crippen LogP contribution in [0.4, 0.5) is 5.69 Å². The summed E-state index contributed by atoms with van der Waals surface area (Å²) in [5, 5.41) is 7.21. The van der Waals surface area contributed by atoms with Crippen molar-refractivity contribution < 1.29 is 15.0 Å². The van der Waals surface area contributed by atoms with Crippen molar-refractivity contribution in [3.8, 4) is 0 Å². The molecule has 9 nitrogen and oxygen atoms in total. The minimum absolute atomic E-state index is 0.0715. The summed E-state index contributed by atoms with van der Waals surface area (Å²) in [6.07, 6.45) is 1.00. The second-order valence-corrected chi connectivity index (χ2v) is 7.28. The summed E-state index contributed by atoms with van der Waals surface area (Å²) >= 11 is 0. The normalized spacial score (nSPS) is 19.4. The number of benzene rings is 1. The molecule has 0 radical (unpaired) electrons. The van der Waals surface area contributed by atoms with Gasteiger partial charge in [0, 0.05) is 48.1 Å². The van der Waals surface area contributed by atoms with Gasteiger partial charge in [-0.3, -0.25) is 4.79 Å². The van der Waals surface area contributed by atoms with Gasteiger partial charge in [0.05, 0.1) is 21.4 Å². The number of anilines is 1. The molecule has 1 aliphatic rings. The van der Waals surface area contributed by atoms with E-state index >= 15 is 0 Å². The van der Waals surface area contributed by atoms with E-state index in [0.717, 1.165) is 10.4 Å². The number of tetrazole rings is 1. The van der Waals surface area contributed by atoms with Gasteiger partial charge in [-0.15, -0.1) is 0 Å². The van der Waals surface area contributed by atoms with Gasteiger partial charge < -0.3 is 14.5 Å². The Hall–Kier alpha value is -2.52. The lowest BCUT2D eigenvalue weighted by Crippen LogP contribution is -2.60. The molecule has 1 aliphatic heterocycles. The van der Waals surface area contributed by atoms with E-state index in [0.29, 0.717) is 23.9 Å². The third-order valence-corrected chi connectivity index (χ3v) is 5.40. The summed E-state index contributed by atoms with van der Waals surface area (Å²) in [6, 6.07) is 9.30. The number of nitrogens with zero attached hydrogens (tertiary/aromatic N) is 6. The number of likely N-dealkylation sites (tertiary alicyclic amines) is 1. The van der Waals surface area contributed by atoms with Gasteiger partial charge >= 0.3 is 5.69 Å². The third-order valence-electron chi connectivity index (χ3n) is 5.40. The number of piperidine rings is 1. The first kappa shape index (κ1) is 17.2. The first-order valence-corrected chi connectivity index (χ1v) is 10.2. The summed E-state index contributed by atoms with van der Waals surface area (Å²) in [6.45, 7) is -1.12. The van der Waals surface area contributed by atoms with Crippen molar-refractivity contribution in [1.29, 1.82) is 0 Å². The Kier molecular flexibility index (Phi) is 5.73. The molecule has 0 N–H and O–H groups in total. The van der Waals surface area contributed by atoms with Crippen LogP contribution in [0, 0.1) is 0 Å². The lowest BCUT2D eigenvalue weighted by molar-refractivity contribution is -0.120. The predicted octanol–water partition coefficient (Wildman–Crippen LogP) is 1.38. The van der Waals surface area contributed by atoms with Crippen LogP contribution < -0.4 is 10.6 Å². The summed E-state index contributed by atoms with van der Waals surface area (Å²) < 4.78 is 41.1. The fraction of sp³-hybridized carbons (Fsp3) is 0.619. The highest BCUT2D eigenvalue weighted by molar-refractivity contribution is 5.94. The lowest BCUT2D eigenvalue weighted by Gasteiger charge is -2.48. The van der Waals surface area contributed by atoms with Crippen LogP contribution in [0.15, 0.2) is 35.1 Å². The van der Waals surface area contributed by atoms with E-state index in [4.69, 9.17) is 10.2 Å². The van der Waals surface area contributed by atoms with E-state index in [2.05, 4.69) is 10.4 Å². The van der Waals surface area contributed by atoms with Gasteiger partial charge in [-0.05, 0) is 42.3 Å². The molecule has 2 heterocycles. The van der Waals surface area contributed by atoms with E-state index in [-0.39, 0.29) is 32.1 Å². The Bertz CT molecular complexity index is 1030. The first-order valence-electron chi connectivity index (χ1n) is 12.2. The molecule has 0 bridgehead atoms. The van der Waals surface area contributed by atoms with Crippen molar-refractivity contribution in [2.75, 3.05) is 38.2 Å². The Labute approximate surface area is 182 Å². The average Bonchev–Trinajstić information content (AvgIpc) is 3.21. The van der Waals surface area contributed by atoms with E-state index in [1.54, 1.807) is 25.9 Å². The highest BCUT2D eigenvalue weighted by atomic mass is 16.5. The maximum atomic E-state index is 13.0. The quantitative estimate of drug-likeness (QED) is 0.609. The largest absolute Gasteiger partial charge is 0.382 e. The second kappa shape index (κ2) is 9.99. The molecule has 0 aliphatic carbocycles. The number of aryl methyl sites for hydroxylation is 2. The number of carbonyl (C=O) groups is 1. The van der Waals surface area contributed by atoms with Gasteiger partial charge in [-0.25, -0.2) is 4.79 Å². The molecule has 0 saturated carbocycles. The molecule has 0 unspecified atom stereocenters. The van der Waals surface area contributed by atoms with Gasteiger partial charge in [0.2, 0.25) is 5.91 Å². The molecule has 164 valence electrons. The van der Waals surface area contributed by atoms with Gasteiger partial charge in [-0.2, -0.15) is 9.36 Å². The number of para-hydroxylation sites is 1. The highest BCUT2D eigenvalue weighted by Crippen LogP contribution is 2.34. The zero-order valence-electron chi connectivity index (χ0n) is 21.7. The van der Waals surface area contributed by atoms with Crippen LogP contribution in [0.5, 0.6) is 0 Å². The molecule has 1 saturated heterocycles. The minimum Gasteiger partial charge on any atom is -0.382 e. The summed E-state index contributed by atoms with van der Waals surface area (Å²) in [5.74, 6) is -0.0715. The number of hydrogen-bond acceptors (Lipinski definition) is 6. The average molecular weight is 421 g/mol. The molecule has 30 heavy (non-hydrogen) atoms. The fourth-order valence-electron chi connectivity index (χ4n) is 3.81. The van der Waals surface area contributed by atoms with Gasteiger partial charge in [0.25, 0.3) is 0 Å². The van der Waals surface area contributed by atoms with Crippen LogP contribution >= 0.6 is 0 Å². The molecule has 3 rings (SSSR count). The Morgan fingerprint density at radius 2 is 1.83 bits per heavy atom. The molecule has 1 aromatic heterocycles. The van der Waals surface area contributed by atoms with Crippen molar-refractivity contribution in [3.63, 3.8) is 0 Å². The lowest BCUT2D eigenvalue weighted by atomic mass is 9.85. The molecule has 0 atom stereocenters. The molecular formula is C21H32N6O3. The molecule has 1 aromatic carbocycles. The van der Waals surface area contributed by atoms with E-state index in [1.165, 1.54) is 4.90 Å². The number of ether oxygens (including phenoxy) is 1. The van der Waals surface area contributed by atoms with Gasteiger partial charge in [-0.1, -0.05) is 25.1 Å². The zero-order chi connectivity index (χ0) is 25.1. The SMILES string of the molecule is [2H]C([2H])(N1CCC(COC)(N(C(=O)CC)c2ccccc2)CC1)C([2H])([2H])n1nnn(CC)c1=O. The van der Waals surface area contributed by atoms with Crippen LogP contribution in [0.3, 0.4) is 0 Å². The number of carbonyl (C=O) groups excluding carboxylic acids is 1. The number of hydrogen-bond donors (Lipinski definition) is 0. The van der Waals surface area contributed by atoms with Crippen LogP contribution in [-0.2, 0) is 22.6 Å². The molecule has 9 heteroatoms. The van der Waals surface area contributed by atoms with Crippen LogP contribution in [0.25, 0.3) is 0 Å². The van der Waals surface area contributed by atoms with E-state index in [1.807, 2.05) is 30.3 Å². The summed E-state index contributed by atoms with van der Waals surface area (Å²) in [7, 11) is 1.56. The Morgan fingerprint density at radius 1 is 1.17 bits per heavy atom. The van der Waals surface area contributed by atoms with Crippen molar-refractivity contribution in [2.24, 2.45) is 0 Å². The van der Waals surface area contributed by atoms with Crippen molar-refractivity contribution in [1.82, 2.24) is 24.7 Å². The Morgan fingerprint density at radius 3 is 2.40 bits per heavy atom. The summed E-state index contributed by atoms with van der Waals surface area (Å²) in [4.78, 5) is 28.6. The smallest absolute Gasteiger partial charge is 0.363 e. The van der Waals surface area contributed by atoms with E-state index < -0.39 is 24.2 Å². The van der Waals surface area contributed by atoms with Crippen molar-refractivity contribution in [2.45, 2.75) is 51.7 Å². The molecule has 1 fully saturated rings. The standard InChI is InChI=1S/C21H32N6O3/c1-4-19(28)27(18-9-7-6-8-10-18)21(17-30-3)11-13-24(14-12-21)15-16-26-20(29)25(5-2)22-23-26/h6-10H,4-5,11-17H2,1-3H3/i15D2,16D2. The van der Waals surface area contributed by atoms with Crippen LogP contribution in [0.2, 0.25) is 0 Å². The number of amides is 1. The van der Waals surface area contributed by atoms with Gasteiger partial charge in [0.15, 0.2) is 0 Å². The topological polar surface area (TPSA) is 85.5 Å². The number of rotatable bonds is 9. The van der Waals surface area contributed by atoms with Crippen molar-refractivity contribution >= 4 is 11.6 Å². The predicted molar refractivity (Wildman–Crippen MR) is 114 cm³/mol.